The number of hydrogen-bond donors (Lipinski definition) is 2. The van der Waals surface area contributed by atoms with Crippen molar-refractivity contribution in [3.8, 4) is 0 Å². The smallest absolute Gasteiger partial charge is 0.234 e. The molecule has 2 atom stereocenters. The van der Waals surface area contributed by atoms with Crippen molar-refractivity contribution in [1.29, 1.82) is 0 Å². The lowest BCUT2D eigenvalue weighted by Gasteiger charge is -2.20. The van der Waals surface area contributed by atoms with Crippen LogP contribution in [0, 0.1) is 17.5 Å². The number of amides is 1. The molecule has 3 aromatic rings. The molecule has 1 aromatic heterocycles. The van der Waals surface area contributed by atoms with Gasteiger partial charge in [0.2, 0.25) is 5.91 Å². The standard InChI is InChI=1S/C21H19F3N2OS/c1-13(17-9-8-16(23)11-18(17)24)25-12-20(27)26-21(19-3-2-10-28-19)14-4-6-15(22)7-5-14/h2-11,13,21,25H,12H2,1H3,(H,26,27)/t13-,21+/m0/s1. The van der Waals surface area contributed by atoms with E-state index in [2.05, 4.69) is 10.6 Å². The van der Waals surface area contributed by atoms with Crippen molar-refractivity contribution in [2.24, 2.45) is 0 Å². The Labute approximate surface area is 165 Å². The summed E-state index contributed by atoms with van der Waals surface area (Å²) in [4.78, 5) is 13.4. The summed E-state index contributed by atoms with van der Waals surface area (Å²) in [5.41, 5.74) is 1.04. The van der Waals surface area contributed by atoms with E-state index in [0.717, 1.165) is 16.5 Å². The molecule has 1 amide bonds. The first-order valence-electron chi connectivity index (χ1n) is 8.70. The molecule has 0 aliphatic carbocycles. The summed E-state index contributed by atoms with van der Waals surface area (Å²) in [7, 11) is 0. The molecule has 0 bridgehead atoms. The molecule has 0 aliphatic rings. The predicted octanol–water partition coefficient (Wildman–Crippen LogP) is 4.72. The fraction of sp³-hybridized carbons (Fsp3) is 0.190. The number of hydrogen-bond acceptors (Lipinski definition) is 3. The van der Waals surface area contributed by atoms with Crippen LogP contribution in [0.2, 0.25) is 0 Å². The van der Waals surface area contributed by atoms with E-state index in [1.54, 1.807) is 19.1 Å². The van der Waals surface area contributed by atoms with Crippen molar-refractivity contribution < 1.29 is 18.0 Å². The zero-order valence-electron chi connectivity index (χ0n) is 15.1. The Kier molecular flexibility index (Phi) is 6.49. The summed E-state index contributed by atoms with van der Waals surface area (Å²) >= 11 is 1.48. The van der Waals surface area contributed by atoms with Crippen LogP contribution in [-0.2, 0) is 4.79 Å². The minimum Gasteiger partial charge on any atom is -0.343 e. The molecular formula is C21H19F3N2OS. The molecule has 1 heterocycles. The SMILES string of the molecule is C[C@H](NCC(=O)N[C@H](c1ccc(F)cc1)c1cccs1)c1ccc(F)cc1F. The summed E-state index contributed by atoms with van der Waals surface area (Å²) in [6.45, 7) is 1.64. The fourth-order valence-electron chi connectivity index (χ4n) is 2.85. The van der Waals surface area contributed by atoms with Crippen LogP contribution in [0.3, 0.4) is 0 Å². The zero-order chi connectivity index (χ0) is 20.1. The van der Waals surface area contributed by atoms with Gasteiger partial charge in [-0.15, -0.1) is 11.3 Å². The number of carbonyl (C=O) groups is 1. The molecule has 0 radical (unpaired) electrons. The van der Waals surface area contributed by atoms with E-state index in [1.165, 1.54) is 35.6 Å². The molecule has 2 aromatic carbocycles. The maximum atomic E-state index is 13.9. The van der Waals surface area contributed by atoms with Crippen LogP contribution in [0.15, 0.2) is 60.0 Å². The van der Waals surface area contributed by atoms with Gasteiger partial charge in [-0.3, -0.25) is 4.79 Å². The molecule has 0 unspecified atom stereocenters. The number of rotatable bonds is 7. The van der Waals surface area contributed by atoms with Gasteiger partial charge in [-0.2, -0.15) is 0 Å². The first-order valence-corrected chi connectivity index (χ1v) is 9.58. The molecule has 3 nitrogen and oxygen atoms in total. The number of benzene rings is 2. The number of thiophene rings is 1. The molecular weight excluding hydrogens is 385 g/mol. The van der Waals surface area contributed by atoms with Gasteiger partial charge in [-0.1, -0.05) is 24.3 Å². The zero-order valence-corrected chi connectivity index (χ0v) is 15.9. The lowest BCUT2D eigenvalue weighted by atomic mass is 10.1. The lowest BCUT2D eigenvalue weighted by Crippen LogP contribution is -2.37. The van der Waals surface area contributed by atoms with Gasteiger partial charge in [0, 0.05) is 22.5 Å². The van der Waals surface area contributed by atoms with Crippen molar-refractivity contribution in [3.05, 3.63) is 93.4 Å². The van der Waals surface area contributed by atoms with Gasteiger partial charge in [0.15, 0.2) is 0 Å². The van der Waals surface area contributed by atoms with Gasteiger partial charge in [0.05, 0.1) is 12.6 Å². The van der Waals surface area contributed by atoms with Gasteiger partial charge < -0.3 is 10.6 Å². The molecule has 3 rings (SSSR count). The number of nitrogens with one attached hydrogen (secondary N) is 2. The molecule has 0 saturated carbocycles. The summed E-state index contributed by atoms with van der Waals surface area (Å²) in [5, 5.41) is 7.76. The highest BCUT2D eigenvalue weighted by molar-refractivity contribution is 7.10. The third kappa shape index (κ3) is 4.99. The monoisotopic (exact) mass is 404 g/mol. The second kappa shape index (κ2) is 9.03. The van der Waals surface area contributed by atoms with E-state index in [-0.39, 0.29) is 23.8 Å². The number of carbonyl (C=O) groups excluding carboxylic acids is 1. The van der Waals surface area contributed by atoms with Crippen LogP contribution >= 0.6 is 11.3 Å². The second-order valence-electron chi connectivity index (χ2n) is 6.34. The summed E-state index contributed by atoms with van der Waals surface area (Å²) in [6.07, 6.45) is 0. The average Bonchev–Trinajstić information content (AvgIpc) is 3.19. The van der Waals surface area contributed by atoms with Crippen molar-refractivity contribution in [3.63, 3.8) is 0 Å². The first-order chi connectivity index (χ1) is 13.4. The van der Waals surface area contributed by atoms with Gasteiger partial charge in [-0.25, -0.2) is 13.2 Å². The Balaban J connectivity index is 1.66. The van der Waals surface area contributed by atoms with E-state index in [1.807, 2.05) is 17.5 Å². The summed E-state index contributed by atoms with van der Waals surface area (Å²) in [5.74, 6) is -1.96. The highest BCUT2D eigenvalue weighted by atomic mass is 32.1. The number of halogens is 3. The average molecular weight is 404 g/mol. The normalized spacial score (nSPS) is 13.1. The van der Waals surface area contributed by atoms with Crippen LogP contribution < -0.4 is 10.6 Å². The van der Waals surface area contributed by atoms with Crippen LogP contribution in [0.4, 0.5) is 13.2 Å². The van der Waals surface area contributed by atoms with Crippen molar-refractivity contribution in [1.82, 2.24) is 10.6 Å². The Morgan fingerprint density at radius 1 is 1.04 bits per heavy atom. The molecule has 0 saturated heterocycles. The molecule has 0 aliphatic heterocycles. The summed E-state index contributed by atoms with van der Waals surface area (Å²) in [6, 6.07) is 12.2. The Morgan fingerprint density at radius 3 is 2.39 bits per heavy atom. The van der Waals surface area contributed by atoms with E-state index in [4.69, 9.17) is 0 Å². The fourth-order valence-corrected chi connectivity index (χ4v) is 3.65. The molecule has 0 spiro atoms. The van der Waals surface area contributed by atoms with E-state index >= 15 is 0 Å². The van der Waals surface area contributed by atoms with E-state index < -0.39 is 23.7 Å². The summed E-state index contributed by atoms with van der Waals surface area (Å²) < 4.78 is 40.1. The van der Waals surface area contributed by atoms with Crippen LogP contribution in [0.1, 0.15) is 35.0 Å². The predicted molar refractivity (Wildman–Crippen MR) is 103 cm³/mol. The van der Waals surface area contributed by atoms with Gasteiger partial charge in [0.25, 0.3) is 0 Å². The van der Waals surface area contributed by atoms with Crippen molar-refractivity contribution in [2.45, 2.75) is 19.0 Å². The second-order valence-corrected chi connectivity index (χ2v) is 7.32. The largest absolute Gasteiger partial charge is 0.343 e. The van der Waals surface area contributed by atoms with Gasteiger partial charge in [0.1, 0.15) is 17.5 Å². The maximum absolute atomic E-state index is 13.9. The van der Waals surface area contributed by atoms with Crippen LogP contribution in [0.5, 0.6) is 0 Å². The third-order valence-corrected chi connectivity index (χ3v) is 5.27. The van der Waals surface area contributed by atoms with Gasteiger partial charge in [-0.05, 0) is 42.1 Å². The highest BCUT2D eigenvalue weighted by Gasteiger charge is 2.19. The minimum atomic E-state index is -0.664. The molecule has 2 N–H and O–H groups in total. The topological polar surface area (TPSA) is 41.1 Å². The highest BCUT2D eigenvalue weighted by Crippen LogP contribution is 2.26. The minimum absolute atomic E-state index is 0.0545. The quantitative estimate of drug-likeness (QED) is 0.598. The van der Waals surface area contributed by atoms with E-state index in [0.29, 0.717) is 0 Å². The third-order valence-electron chi connectivity index (χ3n) is 4.33. The lowest BCUT2D eigenvalue weighted by molar-refractivity contribution is -0.120. The van der Waals surface area contributed by atoms with Crippen molar-refractivity contribution in [2.75, 3.05) is 6.54 Å². The molecule has 28 heavy (non-hydrogen) atoms. The van der Waals surface area contributed by atoms with Crippen LogP contribution in [-0.4, -0.2) is 12.5 Å². The first kappa shape index (κ1) is 20.1. The Hall–Kier alpha value is -2.64. The van der Waals surface area contributed by atoms with E-state index in [9.17, 15) is 18.0 Å². The Morgan fingerprint density at radius 2 is 1.75 bits per heavy atom. The maximum Gasteiger partial charge on any atom is 0.234 e. The van der Waals surface area contributed by atoms with Crippen molar-refractivity contribution >= 4 is 17.2 Å². The molecule has 7 heteroatoms. The van der Waals surface area contributed by atoms with Crippen LogP contribution in [0.25, 0.3) is 0 Å². The van der Waals surface area contributed by atoms with Gasteiger partial charge >= 0.3 is 0 Å². The molecule has 146 valence electrons. The Bertz CT molecular complexity index is 929. The molecule has 0 fully saturated rings.